The molecule has 0 aliphatic heterocycles. The normalized spacial score (nSPS) is 30.9. The number of fused-ring (bicyclic) bond motifs is 1. The molecule has 0 aromatic carbocycles. The lowest BCUT2D eigenvalue weighted by Crippen LogP contribution is -2.44. The van der Waals surface area contributed by atoms with Crippen molar-refractivity contribution in [2.24, 2.45) is 16.7 Å². The maximum atomic E-state index is 12.7. The van der Waals surface area contributed by atoms with Crippen LogP contribution in [-0.4, -0.2) is 24.6 Å². The number of carbonyl (C=O) groups is 3. The van der Waals surface area contributed by atoms with Gasteiger partial charge in [0.2, 0.25) is 0 Å². The van der Waals surface area contributed by atoms with Gasteiger partial charge in [-0.2, -0.15) is 0 Å². The molecule has 1 heterocycles. The fourth-order valence-corrected chi connectivity index (χ4v) is 4.19. The number of ketones is 2. The summed E-state index contributed by atoms with van der Waals surface area (Å²) in [7, 11) is 1.34. The third-order valence-electron chi connectivity index (χ3n) is 6.06. The van der Waals surface area contributed by atoms with Crippen molar-refractivity contribution in [3.63, 3.8) is 0 Å². The summed E-state index contributed by atoms with van der Waals surface area (Å²) in [6.45, 7) is 5.81. The van der Waals surface area contributed by atoms with Crippen LogP contribution < -0.4 is 0 Å². The van der Waals surface area contributed by atoms with E-state index in [0.717, 1.165) is 17.6 Å². The Kier molecular flexibility index (Phi) is 4.51. The first-order chi connectivity index (χ1) is 12.2. The maximum Gasteiger partial charge on any atom is 0.316 e. The van der Waals surface area contributed by atoms with E-state index in [2.05, 4.69) is 6.92 Å². The predicted octanol–water partition coefficient (Wildman–Crippen LogP) is 3.90. The molecule has 0 spiro atoms. The second-order valence-corrected chi connectivity index (χ2v) is 7.77. The summed E-state index contributed by atoms with van der Waals surface area (Å²) in [5.74, 6) is -0.186. The van der Waals surface area contributed by atoms with Crippen molar-refractivity contribution in [1.82, 2.24) is 0 Å². The first-order valence-corrected chi connectivity index (χ1v) is 8.83. The lowest BCUT2D eigenvalue weighted by molar-refractivity contribution is -0.151. The van der Waals surface area contributed by atoms with Gasteiger partial charge in [-0.25, -0.2) is 0 Å². The van der Waals surface area contributed by atoms with Crippen molar-refractivity contribution in [2.45, 2.75) is 40.0 Å². The zero-order valence-electron chi connectivity index (χ0n) is 15.6. The number of Topliss-reactive ketones (excluding diaryl/α,β-unsaturated/α-hetero) is 1. The monoisotopic (exact) mass is 356 g/mol. The molecule has 0 fully saturated rings. The van der Waals surface area contributed by atoms with Gasteiger partial charge in [0, 0.05) is 18.3 Å². The highest BCUT2D eigenvalue weighted by Gasteiger charge is 2.51. The van der Waals surface area contributed by atoms with Gasteiger partial charge >= 0.3 is 5.97 Å². The van der Waals surface area contributed by atoms with Crippen molar-refractivity contribution in [3.8, 4) is 0 Å². The summed E-state index contributed by atoms with van der Waals surface area (Å²) in [5.41, 5.74) is 0.0294. The van der Waals surface area contributed by atoms with Gasteiger partial charge < -0.3 is 9.15 Å². The molecule has 5 nitrogen and oxygen atoms in total. The van der Waals surface area contributed by atoms with E-state index in [1.54, 1.807) is 25.1 Å². The fraction of sp³-hybridized carbons (Fsp3) is 0.476. The van der Waals surface area contributed by atoms with E-state index in [1.807, 2.05) is 13.0 Å². The van der Waals surface area contributed by atoms with Gasteiger partial charge in [0.05, 0.1) is 18.8 Å². The Bertz CT molecular complexity index is 813. The first kappa shape index (κ1) is 18.4. The fourth-order valence-electron chi connectivity index (χ4n) is 4.19. The van der Waals surface area contributed by atoms with E-state index in [9.17, 15) is 14.4 Å². The van der Waals surface area contributed by atoms with Crippen LogP contribution in [-0.2, 0) is 14.3 Å². The Hall–Kier alpha value is -2.43. The van der Waals surface area contributed by atoms with Crippen molar-refractivity contribution in [1.29, 1.82) is 0 Å². The molecule has 0 saturated carbocycles. The minimum atomic E-state index is -1.01. The van der Waals surface area contributed by atoms with E-state index in [4.69, 9.17) is 9.15 Å². The molecule has 5 heteroatoms. The standard InChI is InChI=1S/C21H24O5/c1-13-7-8-15-16(10-14(22)11-21(15,3)19(24)25-4)20(13,2)12-17(23)18-6-5-9-26-18/h5-6,8-10,13H,7,11-12H2,1-4H3/t13-,20+,21+/m1/s1. The summed E-state index contributed by atoms with van der Waals surface area (Å²) >= 11 is 0. The number of hydrogen-bond donors (Lipinski definition) is 0. The van der Waals surface area contributed by atoms with Gasteiger partial charge in [-0.15, -0.1) is 0 Å². The minimum Gasteiger partial charge on any atom is -0.468 e. The van der Waals surface area contributed by atoms with E-state index < -0.39 is 16.8 Å². The average molecular weight is 356 g/mol. The third kappa shape index (κ3) is 2.75. The van der Waals surface area contributed by atoms with Gasteiger partial charge in [-0.3, -0.25) is 14.4 Å². The molecule has 2 aliphatic rings. The van der Waals surface area contributed by atoms with Crippen molar-refractivity contribution < 1.29 is 23.5 Å². The summed E-state index contributed by atoms with van der Waals surface area (Å²) < 4.78 is 10.2. The highest BCUT2D eigenvalue weighted by Crippen LogP contribution is 2.55. The lowest BCUT2D eigenvalue weighted by Gasteiger charge is -2.47. The topological polar surface area (TPSA) is 73.6 Å². The summed E-state index contributed by atoms with van der Waals surface area (Å²) in [5, 5.41) is 0. The molecule has 0 N–H and O–H groups in total. The number of methoxy groups -OCH3 is 1. The molecule has 0 radical (unpaired) electrons. The van der Waals surface area contributed by atoms with Crippen LogP contribution in [0.5, 0.6) is 0 Å². The Morgan fingerprint density at radius 1 is 1.31 bits per heavy atom. The van der Waals surface area contributed by atoms with E-state index >= 15 is 0 Å². The molecular weight excluding hydrogens is 332 g/mol. The van der Waals surface area contributed by atoms with Crippen LogP contribution >= 0.6 is 0 Å². The largest absolute Gasteiger partial charge is 0.468 e. The molecule has 1 aromatic heterocycles. The number of carbonyl (C=O) groups excluding carboxylic acids is 3. The zero-order chi connectivity index (χ0) is 19.1. The van der Waals surface area contributed by atoms with Gasteiger partial charge in [0.15, 0.2) is 17.3 Å². The van der Waals surface area contributed by atoms with Crippen LogP contribution in [0.1, 0.15) is 50.6 Å². The second kappa shape index (κ2) is 6.38. The summed E-state index contributed by atoms with van der Waals surface area (Å²) in [4.78, 5) is 37.6. The van der Waals surface area contributed by atoms with Crippen molar-refractivity contribution in [2.75, 3.05) is 7.11 Å². The Morgan fingerprint density at radius 2 is 2.04 bits per heavy atom. The van der Waals surface area contributed by atoms with Gasteiger partial charge in [0.1, 0.15) is 0 Å². The van der Waals surface area contributed by atoms with Gasteiger partial charge in [-0.05, 0) is 48.6 Å². The average Bonchev–Trinajstić information content (AvgIpc) is 3.12. The lowest BCUT2D eigenvalue weighted by atomic mass is 9.56. The molecule has 26 heavy (non-hydrogen) atoms. The van der Waals surface area contributed by atoms with Gasteiger partial charge in [0.25, 0.3) is 0 Å². The van der Waals surface area contributed by atoms with Crippen molar-refractivity contribution >= 4 is 17.5 Å². The number of allylic oxidation sites excluding steroid dienone is 3. The molecule has 2 aliphatic carbocycles. The predicted molar refractivity (Wildman–Crippen MR) is 95.5 cm³/mol. The summed E-state index contributed by atoms with van der Waals surface area (Å²) in [6.07, 6.45) is 6.15. The molecule has 1 aromatic rings. The molecule has 0 amide bonds. The maximum absolute atomic E-state index is 12.7. The van der Waals surface area contributed by atoms with Crippen LogP contribution in [0.2, 0.25) is 0 Å². The Labute approximate surface area is 153 Å². The van der Waals surface area contributed by atoms with Crippen LogP contribution in [0, 0.1) is 16.7 Å². The van der Waals surface area contributed by atoms with Gasteiger partial charge in [-0.1, -0.05) is 19.9 Å². The molecule has 138 valence electrons. The number of rotatable bonds is 4. The molecular formula is C21H24O5. The third-order valence-corrected chi connectivity index (χ3v) is 6.06. The van der Waals surface area contributed by atoms with E-state index in [1.165, 1.54) is 13.4 Å². The van der Waals surface area contributed by atoms with E-state index in [-0.39, 0.29) is 30.3 Å². The summed E-state index contributed by atoms with van der Waals surface area (Å²) in [6, 6.07) is 3.33. The van der Waals surface area contributed by atoms with Crippen LogP contribution in [0.15, 0.2) is 46.1 Å². The van der Waals surface area contributed by atoms with Crippen LogP contribution in [0.3, 0.4) is 0 Å². The number of ether oxygens (including phenoxy) is 1. The molecule has 0 bridgehead atoms. The Balaban J connectivity index is 2.05. The second-order valence-electron chi connectivity index (χ2n) is 7.77. The molecule has 3 rings (SSSR count). The molecule has 0 unspecified atom stereocenters. The molecule has 0 saturated heterocycles. The quantitative estimate of drug-likeness (QED) is 0.604. The van der Waals surface area contributed by atoms with Crippen molar-refractivity contribution in [3.05, 3.63) is 47.5 Å². The smallest absolute Gasteiger partial charge is 0.316 e. The minimum absolute atomic E-state index is 0.0889. The zero-order valence-corrected chi connectivity index (χ0v) is 15.6. The highest BCUT2D eigenvalue weighted by molar-refractivity contribution is 6.01. The SMILES string of the molecule is COC(=O)[C@@]1(C)CC(=O)C=C2C1=CC[C@@H](C)[C@]2(C)CC(=O)c1ccco1. The molecule has 3 atom stereocenters. The highest BCUT2D eigenvalue weighted by atomic mass is 16.5. The van der Waals surface area contributed by atoms with Crippen LogP contribution in [0.4, 0.5) is 0 Å². The van der Waals surface area contributed by atoms with E-state index in [0.29, 0.717) is 5.76 Å². The Morgan fingerprint density at radius 3 is 2.65 bits per heavy atom. The van der Waals surface area contributed by atoms with Crippen LogP contribution in [0.25, 0.3) is 0 Å². The number of esters is 1. The number of hydrogen-bond acceptors (Lipinski definition) is 5. The first-order valence-electron chi connectivity index (χ1n) is 8.83. The number of furan rings is 1.